The van der Waals surface area contributed by atoms with Crippen molar-refractivity contribution in [2.45, 2.75) is 17.8 Å². The van der Waals surface area contributed by atoms with Crippen molar-refractivity contribution in [2.24, 2.45) is 7.05 Å². The zero-order valence-electron chi connectivity index (χ0n) is 14.8. The summed E-state index contributed by atoms with van der Waals surface area (Å²) in [6.07, 6.45) is 1.78. The molecule has 0 radical (unpaired) electrons. The second-order valence-electron chi connectivity index (χ2n) is 6.18. The second-order valence-corrected chi connectivity index (χ2v) is 7.12. The lowest BCUT2D eigenvalue weighted by atomic mass is 10.2. The maximum atomic E-state index is 13.1. The number of hydrogen-bond donors (Lipinski definition) is 0. The van der Waals surface area contributed by atoms with E-state index in [1.807, 2.05) is 30.7 Å². The van der Waals surface area contributed by atoms with Gasteiger partial charge in [0, 0.05) is 30.6 Å². The van der Waals surface area contributed by atoms with Crippen LogP contribution in [0.1, 0.15) is 11.3 Å². The second kappa shape index (κ2) is 6.96. The number of rotatable bonds is 4. The Morgan fingerprint density at radius 3 is 2.67 bits per heavy atom. The van der Waals surface area contributed by atoms with Gasteiger partial charge in [0.1, 0.15) is 11.5 Å². The molecule has 0 saturated carbocycles. The molecule has 3 aromatic heterocycles. The SMILES string of the molecule is Cc1ccc2nc(CSc3nnc(-c4ccc(F)cc4)n3C)cc(=O)n2c1. The van der Waals surface area contributed by atoms with E-state index < -0.39 is 0 Å². The van der Waals surface area contributed by atoms with Gasteiger partial charge < -0.3 is 4.57 Å². The Kier molecular flexibility index (Phi) is 4.49. The summed E-state index contributed by atoms with van der Waals surface area (Å²) in [6.45, 7) is 1.93. The number of fused-ring (bicyclic) bond motifs is 1. The van der Waals surface area contributed by atoms with E-state index in [0.717, 1.165) is 11.1 Å². The van der Waals surface area contributed by atoms with E-state index in [-0.39, 0.29) is 11.4 Å². The van der Waals surface area contributed by atoms with Gasteiger partial charge in [-0.05, 0) is 42.8 Å². The van der Waals surface area contributed by atoms with Crippen LogP contribution in [0, 0.1) is 12.7 Å². The number of benzene rings is 1. The molecule has 0 saturated heterocycles. The summed E-state index contributed by atoms with van der Waals surface area (Å²) in [5.41, 5.74) is 2.98. The first kappa shape index (κ1) is 17.4. The van der Waals surface area contributed by atoms with E-state index in [1.54, 1.807) is 22.7 Å². The van der Waals surface area contributed by atoms with Gasteiger partial charge in [-0.15, -0.1) is 10.2 Å². The van der Waals surface area contributed by atoms with Crippen molar-refractivity contribution in [1.82, 2.24) is 24.1 Å². The lowest BCUT2D eigenvalue weighted by Gasteiger charge is -2.06. The first-order chi connectivity index (χ1) is 13.0. The standard InChI is InChI=1S/C19H16FN5OS/c1-12-3-8-16-21-15(9-17(26)25(16)10-12)11-27-19-23-22-18(24(19)2)13-4-6-14(20)7-5-13/h3-10H,11H2,1-2H3. The molecule has 27 heavy (non-hydrogen) atoms. The highest BCUT2D eigenvalue weighted by atomic mass is 32.2. The summed E-state index contributed by atoms with van der Waals surface area (Å²) >= 11 is 1.44. The van der Waals surface area contributed by atoms with Gasteiger partial charge in [-0.25, -0.2) is 9.37 Å². The van der Waals surface area contributed by atoms with Crippen LogP contribution in [-0.2, 0) is 12.8 Å². The number of thioether (sulfide) groups is 1. The fraction of sp³-hybridized carbons (Fsp3) is 0.158. The molecule has 0 aliphatic rings. The predicted molar refractivity (Wildman–Crippen MR) is 102 cm³/mol. The topological polar surface area (TPSA) is 65.1 Å². The van der Waals surface area contributed by atoms with Crippen LogP contribution in [0.25, 0.3) is 17.0 Å². The van der Waals surface area contributed by atoms with Crippen LogP contribution >= 0.6 is 11.8 Å². The van der Waals surface area contributed by atoms with Crippen molar-refractivity contribution >= 4 is 17.4 Å². The molecule has 1 aromatic carbocycles. The van der Waals surface area contributed by atoms with Crippen molar-refractivity contribution in [3.8, 4) is 11.4 Å². The summed E-state index contributed by atoms with van der Waals surface area (Å²) in [6, 6.07) is 11.4. The molecule has 0 N–H and O–H groups in total. The number of pyridine rings is 1. The smallest absolute Gasteiger partial charge is 0.258 e. The maximum Gasteiger partial charge on any atom is 0.258 e. The lowest BCUT2D eigenvalue weighted by Crippen LogP contribution is -2.15. The quantitative estimate of drug-likeness (QED) is 0.508. The number of hydrogen-bond acceptors (Lipinski definition) is 5. The molecule has 0 amide bonds. The summed E-state index contributed by atoms with van der Waals surface area (Å²) in [5.74, 6) is 0.855. The summed E-state index contributed by atoms with van der Waals surface area (Å²) in [5, 5.41) is 9.08. The highest BCUT2D eigenvalue weighted by Gasteiger charge is 2.12. The van der Waals surface area contributed by atoms with Gasteiger partial charge in [-0.1, -0.05) is 17.8 Å². The third-order valence-corrected chi connectivity index (χ3v) is 5.20. The van der Waals surface area contributed by atoms with Gasteiger partial charge in [0.25, 0.3) is 5.56 Å². The van der Waals surface area contributed by atoms with E-state index in [9.17, 15) is 9.18 Å². The highest BCUT2D eigenvalue weighted by molar-refractivity contribution is 7.98. The molecule has 0 fully saturated rings. The Morgan fingerprint density at radius 1 is 1.11 bits per heavy atom. The van der Waals surface area contributed by atoms with Crippen LogP contribution < -0.4 is 5.56 Å². The molecule has 4 rings (SSSR count). The van der Waals surface area contributed by atoms with Gasteiger partial charge in [-0.3, -0.25) is 9.20 Å². The number of halogens is 1. The average molecular weight is 381 g/mol. The van der Waals surface area contributed by atoms with Crippen molar-refractivity contribution in [1.29, 1.82) is 0 Å². The third kappa shape index (κ3) is 3.48. The molecule has 0 spiro atoms. The van der Waals surface area contributed by atoms with Crippen LogP contribution in [-0.4, -0.2) is 24.1 Å². The van der Waals surface area contributed by atoms with Gasteiger partial charge in [0.2, 0.25) is 0 Å². The first-order valence-electron chi connectivity index (χ1n) is 8.28. The van der Waals surface area contributed by atoms with E-state index in [2.05, 4.69) is 15.2 Å². The number of aromatic nitrogens is 5. The molecule has 136 valence electrons. The molecule has 0 unspecified atom stereocenters. The van der Waals surface area contributed by atoms with Gasteiger partial charge >= 0.3 is 0 Å². The predicted octanol–water partition coefficient (Wildman–Crippen LogP) is 3.23. The zero-order valence-corrected chi connectivity index (χ0v) is 15.6. The maximum absolute atomic E-state index is 13.1. The van der Waals surface area contributed by atoms with Gasteiger partial charge in [0.15, 0.2) is 11.0 Å². The Morgan fingerprint density at radius 2 is 1.89 bits per heavy atom. The van der Waals surface area contributed by atoms with E-state index >= 15 is 0 Å². The van der Waals surface area contributed by atoms with Crippen molar-refractivity contribution < 1.29 is 4.39 Å². The van der Waals surface area contributed by atoms with Crippen LogP contribution in [0.2, 0.25) is 0 Å². The van der Waals surface area contributed by atoms with E-state index in [1.165, 1.54) is 30.0 Å². The van der Waals surface area contributed by atoms with Gasteiger partial charge in [0.05, 0.1) is 5.69 Å². The number of nitrogens with zero attached hydrogens (tertiary/aromatic N) is 5. The fourth-order valence-corrected chi connectivity index (χ4v) is 3.57. The number of aryl methyl sites for hydroxylation is 1. The highest BCUT2D eigenvalue weighted by Crippen LogP contribution is 2.24. The van der Waals surface area contributed by atoms with Crippen LogP contribution in [0.4, 0.5) is 4.39 Å². The summed E-state index contributed by atoms with van der Waals surface area (Å²) < 4.78 is 16.5. The fourth-order valence-electron chi connectivity index (χ4n) is 2.76. The van der Waals surface area contributed by atoms with Crippen LogP contribution in [0.15, 0.2) is 58.6 Å². The Bertz CT molecular complexity index is 1180. The molecule has 0 aliphatic carbocycles. The minimum atomic E-state index is -0.292. The van der Waals surface area contributed by atoms with E-state index in [4.69, 9.17) is 0 Å². The monoisotopic (exact) mass is 381 g/mol. The molecule has 4 aromatic rings. The molecule has 0 bridgehead atoms. The molecular weight excluding hydrogens is 365 g/mol. The lowest BCUT2D eigenvalue weighted by molar-refractivity contribution is 0.628. The average Bonchev–Trinajstić information content (AvgIpc) is 3.02. The molecule has 3 heterocycles. The normalized spacial score (nSPS) is 11.2. The molecule has 0 atom stereocenters. The van der Waals surface area contributed by atoms with Gasteiger partial charge in [-0.2, -0.15) is 0 Å². The summed E-state index contributed by atoms with van der Waals surface area (Å²) in [4.78, 5) is 16.8. The molecule has 6 nitrogen and oxygen atoms in total. The van der Waals surface area contributed by atoms with Crippen LogP contribution in [0.3, 0.4) is 0 Å². The molecule has 0 aliphatic heterocycles. The Hall–Kier alpha value is -3.00. The zero-order chi connectivity index (χ0) is 19.0. The molecule has 8 heteroatoms. The Labute approximate surface area is 158 Å². The Balaban J connectivity index is 1.57. The van der Waals surface area contributed by atoms with Crippen LogP contribution in [0.5, 0.6) is 0 Å². The summed E-state index contributed by atoms with van der Waals surface area (Å²) in [7, 11) is 1.85. The van der Waals surface area contributed by atoms with Crippen molar-refractivity contribution in [2.75, 3.05) is 0 Å². The largest absolute Gasteiger partial charge is 0.305 e. The van der Waals surface area contributed by atoms with Crippen molar-refractivity contribution in [3.05, 3.63) is 76.1 Å². The minimum Gasteiger partial charge on any atom is -0.305 e. The van der Waals surface area contributed by atoms with Crippen molar-refractivity contribution in [3.63, 3.8) is 0 Å². The molecular formula is C19H16FN5OS. The first-order valence-corrected chi connectivity index (χ1v) is 9.27. The minimum absolute atomic E-state index is 0.107. The third-order valence-electron chi connectivity index (χ3n) is 4.15. The van der Waals surface area contributed by atoms with E-state index in [0.29, 0.717) is 28.1 Å².